The number of allylic oxidation sites excluding steroid dienone is 7. The van der Waals surface area contributed by atoms with E-state index in [0.717, 1.165) is 29.7 Å². The molecule has 2 saturated carbocycles. The molecule has 3 aromatic heterocycles. The largest absolute Gasteiger partial charge is 0.389 e. The van der Waals surface area contributed by atoms with E-state index in [1.54, 1.807) is 41.2 Å². The molecule has 4 aliphatic rings. The Morgan fingerprint density at radius 3 is 2.50 bits per heavy atom. The Kier molecular flexibility index (Phi) is 6.39. The van der Waals surface area contributed by atoms with Crippen molar-refractivity contribution < 1.29 is 14.7 Å². The molecular weight excluding hydrogens is 576 g/mol. The molecule has 46 heavy (non-hydrogen) atoms. The number of nitrogens with zero attached hydrogens (tertiary/aromatic N) is 6. The van der Waals surface area contributed by atoms with Gasteiger partial charge in [-0.3, -0.25) is 14.5 Å². The van der Waals surface area contributed by atoms with Crippen molar-refractivity contribution in [3.8, 4) is 0 Å². The molecule has 2 fully saturated rings. The van der Waals surface area contributed by atoms with Crippen molar-refractivity contribution in [3.05, 3.63) is 125 Å². The monoisotopic (exact) mass is 608 g/mol. The number of hydrogen-bond acceptors (Lipinski definition) is 7. The molecule has 1 atom stereocenters. The number of carbonyl (C=O) groups is 2. The average molecular weight is 609 g/mol. The number of aromatic nitrogens is 5. The lowest BCUT2D eigenvalue weighted by Gasteiger charge is -2.57. The van der Waals surface area contributed by atoms with Gasteiger partial charge in [0.15, 0.2) is 11.3 Å². The Morgan fingerprint density at radius 2 is 1.78 bits per heavy atom. The molecule has 8 rings (SSSR count). The Labute approximate surface area is 265 Å². The number of hydrogen-bond donors (Lipinski definition) is 1. The summed E-state index contributed by atoms with van der Waals surface area (Å²) >= 11 is 0. The van der Waals surface area contributed by atoms with Crippen LogP contribution in [0.25, 0.3) is 22.4 Å². The van der Waals surface area contributed by atoms with Crippen LogP contribution in [-0.4, -0.2) is 57.5 Å². The summed E-state index contributed by atoms with van der Waals surface area (Å²) in [6.07, 6.45) is 21.5. The number of imide groups is 1. The second-order valence-electron chi connectivity index (χ2n) is 12.7. The van der Waals surface area contributed by atoms with Gasteiger partial charge >= 0.3 is 0 Å². The highest BCUT2D eigenvalue weighted by Gasteiger charge is 2.66. The lowest BCUT2D eigenvalue weighted by molar-refractivity contribution is -0.124. The summed E-state index contributed by atoms with van der Waals surface area (Å²) in [6.45, 7) is 4.04. The zero-order valence-electron chi connectivity index (χ0n) is 25.6. The fourth-order valence-corrected chi connectivity index (χ4v) is 7.22. The van der Waals surface area contributed by atoms with E-state index in [0.29, 0.717) is 46.5 Å². The number of rotatable bonds is 7. The van der Waals surface area contributed by atoms with Gasteiger partial charge in [0, 0.05) is 30.4 Å². The van der Waals surface area contributed by atoms with Crippen molar-refractivity contribution >= 4 is 34.2 Å². The fourth-order valence-electron chi connectivity index (χ4n) is 7.22. The van der Waals surface area contributed by atoms with Gasteiger partial charge in [-0.1, -0.05) is 55.5 Å². The molecule has 0 saturated heterocycles. The van der Waals surface area contributed by atoms with Gasteiger partial charge in [0.2, 0.25) is 0 Å². The van der Waals surface area contributed by atoms with Gasteiger partial charge in [-0.05, 0) is 55.5 Å². The van der Waals surface area contributed by atoms with Crippen LogP contribution < -0.4 is 0 Å². The van der Waals surface area contributed by atoms with Crippen LogP contribution in [0.4, 0.5) is 0 Å². The van der Waals surface area contributed by atoms with Gasteiger partial charge in [-0.25, -0.2) is 15.0 Å². The first-order valence-corrected chi connectivity index (χ1v) is 15.7. The zero-order valence-corrected chi connectivity index (χ0v) is 25.6. The Bertz CT molecular complexity index is 2120. The topological polar surface area (TPSA) is 114 Å². The molecule has 9 heteroatoms. The molecule has 3 aliphatic carbocycles. The minimum atomic E-state index is -0.995. The summed E-state index contributed by atoms with van der Waals surface area (Å²) < 4.78 is 1.68. The number of aliphatic hydroxyl groups is 1. The van der Waals surface area contributed by atoms with Crippen molar-refractivity contribution in [2.45, 2.75) is 56.6 Å². The lowest BCUT2D eigenvalue weighted by Crippen LogP contribution is -2.68. The number of benzene rings is 1. The molecule has 228 valence electrons. The minimum Gasteiger partial charge on any atom is -0.389 e. The second kappa shape index (κ2) is 10.4. The van der Waals surface area contributed by atoms with Gasteiger partial charge in [-0.2, -0.15) is 9.61 Å². The Morgan fingerprint density at radius 1 is 1.02 bits per heavy atom. The molecule has 4 heterocycles. The van der Waals surface area contributed by atoms with E-state index in [2.05, 4.69) is 28.8 Å². The summed E-state index contributed by atoms with van der Waals surface area (Å²) in [5.41, 5.74) is 7.04. The van der Waals surface area contributed by atoms with Gasteiger partial charge in [0.05, 0.1) is 46.0 Å². The van der Waals surface area contributed by atoms with Gasteiger partial charge < -0.3 is 5.11 Å². The van der Waals surface area contributed by atoms with Crippen LogP contribution in [-0.2, 0) is 0 Å². The molecule has 0 spiro atoms. The minimum absolute atomic E-state index is 0.0775. The molecule has 0 radical (unpaired) electrons. The predicted octanol–water partition coefficient (Wildman–Crippen LogP) is 5.91. The molecule has 2 amide bonds. The number of carbonyl (C=O) groups excluding carboxylic acids is 2. The van der Waals surface area contributed by atoms with Crippen LogP contribution in [0.2, 0.25) is 0 Å². The predicted molar refractivity (Wildman–Crippen MR) is 174 cm³/mol. The highest BCUT2D eigenvalue weighted by atomic mass is 16.3. The molecule has 4 aromatic rings. The summed E-state index contributed by atoms with van der Waals surface area (Å²) in [4.78, 5) is 43.6. The smallest absolute Gasteiger partial charge is 0.262 e. The summed E-state index contributed by atoms with van der Waals surface area (Å²) in [5.74, 6) is -0.543. The van der Waals surface area contributed by atoms with Crippen molar-refractivity contribution in [2.24, 2.45) is 5.92 Å². The van der Waals surface area contributed by atoms with Gasteiger partial charge in [0.25, 0.3) is 11.8 Å². The molecule has 9 nitrogen and oxygen atoms in total. The van der Waals surface area contributed by atoms with Crippen molar-refractivity contribution in [1.29, 1.82) is 0 Å². The molecule has 1 aliphatic heterocycles. The first-order chi connectivity index (χ1) is 22.3. The van der Waals surface area contributed by atoms with E-state index in [9.17, 15) is 14.7 Å². The van der Waals surface area contributed by atoms with Crippen LogP contribution in [0.1, 0.15) is 77.6 Å². The Hall–Kier alpha value is -5.24. The van der Waals surface area contributed by atoms with Crippen LogP contribution >= 0.6 is 0 Å². The van der Waals surface area contributed by atoms with E-state index >= 15 is 0 Å². The van der Waals surface area contributed by atoms with E-state index in [-0.39, 0.29) is 23.7 Å². The maximum absolute atomic E-state index is 13.8. The first kappa shape index (κ1) is 28.2. The normalized spacial score (nSPS) is 25.0. The molecule has 1 N–H and O–H groups in total. The molecule has 1 aromatic carbocycles. The van der Waals surface area contributed by atoms with Crippen molar-refractivity contribution in [1.82, 2.24) is 29.5 Å². The van der Waals surface area contributed by atoms with E-state index in [4.69, 9.17) is 9.97 Å². The molecular formula is C37H32N6O3. The van der Waals surface area contributed by atoms with Crippen molar-refractivity contribution in [3.63, 3.8) is 0 Å². The zero-order chi connectivity index (χ0) is 31.6. The third-order valence-electron chi connectivity index (χ3n) is 9.69. The van der Waals surface area contributed by atoms with E-state index < -0.39 is 11.1 Å². The standard InChI is InChI=1S/C37H32N6O3/c1-3-4-5-9-23(2)31-32(41-33-29(40-31)20-38-30-18-19-39-43(30)33)24-10-8-11-25(15-14-24)36(21-37(46,22-36)26-16-17-26)42-34(44)27-12-6-7-13-28(27)35(42)45/h3-7,9-15,18-20,23,26,46H,16-17,21-22H2,1-2H3. The summed E-state index contributed by atoms with van der Waals surface area (Å²) in [7, 11) is 0. The third kappa shape index (κ3) is 4.27. The quantitative estimate of drug-likeness (QED) is 0.158. The summed E-state index contributed by atoms with van der Waals surface area (Å²) in [6, 6.07) is 8.76. The SMILES string of the molecule is CC=CC=CC(C)c1nc2cnc3ccnn3c2nc1C1=CC=C(C2(N3C(=O)c4ccccc4C3=O)CC(O)(C3CC3)C2)C=C=C1. The third-order valence-corrected chi connectivity index (χ3v) is 9.69. The maximum Gasteiger partial charge on any atom is 0.262 e. The van der Waals surface area contributed by atoms with Crippen LogP contribution in [0.5, 0.6) is 0 Å². The van der Waals surface area contributed by atoms with Crippen LogP contribution in [0, 0.1) is 5.92 Å². The average Bonchev–Trinajstić information content (AvgIpc) is 3.80. The second-order valence-corrected chi connectivity index (χ2v) is 12.7. The first-order valence-electron chi connectivity index (χ1n) is 15.7. The molecule has 1 unspecified atom stereocenters. The van der Waals surface area contributed by atoms with Gasteiger partial charge in [0.1, 0.15) is 5.52 Å². The number of fused-ring (bicyclic) bond motifs is 4. The van der Waals surface area contributed by atoms with Gasteiger partial charge in [-0.15, -0.1) is 5.73 Å². The summed E-state index contributed by atoms with van der Waals surface area (Å²) in [5, 5.41) is 16.0. The molecule has 0 bridgehead atoms. The maximum atomic E-state index is 13.8. The highest BCUT2D eigenvalue weighted by molar-refractivity contribution is 6.22. The lowest BCUT2D eigenvalue weighted by atomic mass is 9.58. The van der Waals surface area contributed by atoms with Crippen LogP contribution in [0.15, 0.2) is 103 Å². The highest BCUT2D eigenvalue weighted by Crippen LogP contribution is 2.60. The van der Waals surface area contributed by atoms with E-state index in [1.807, 2.05) is 55.5 Å². The van der Waals surface area contributed by atoms with Crippen LogP contribution in [0.3, 0.4) is 0 Å². The van der Waals surface area contributed by atoms with Crippen molar-refractivity contribution in [2.75, 3.05) is 0 Å². The van der Waals surface area contributed by atoms with E-state index in [1.165, 1.54) is 4.90 Å². The number of amides is 2. The fraction of sp³-hybridized carbons (Fsp3) is 0.270. The Balaban J connectivity index is 1.26.